The summed E-state index contributed by atoms with van der Waals surface area (Å²) >= 11 is 0. The van der Waals surface area contributed by atoms with Crippen molar-refractivity contribution in [3.05, 3.63) is 53.6 Å². The number of halogens is 1. The zero-order valence-corrected chi connectivity index (χ0v) is 16.6. The van der Waals surface area contributed by atoms with Gasteiger partial charge in [0.25, 0.3) is 0 Å². The third kappa shape index (κ3) is 4.09. The number of likely N-dealkylation sites (tertiary alicyclic amines) is 2. The van der Waals surface area contributed by atoms with Crippen LogP contribution in [0.1, 0.15) is 17.2 Å². The number of hydrogen-bond acceptors (Lipinski definition) is 6. The van der Waals surface area contributed by atoms with Crippen LogP contribution in [0.4, 0.5) is 4.39 Å². The molecule has 3 atom stereocenters. The standard InChI is InChI=1S/C21H25FN4O3/c1-28-13-19(27)26-11-16-10-25(9-14-7-23-21(29-2)24-8-14)12-18(16)20(26)15-4-3-5-17(22)6-15/h3-8,16,18,20H,9-13H2,1-2H3/t16-,18-,20+/m1/s1. The van der Waals surface area contributed by atoms with Crippen LogP contribution in [-0.4, -0.2) is 66.1 Å². The fraction of sp³-hybridized carbons (Fsp3) is 0.476. The maximum atomic E-state index is 13.9. The van der Waals surface area contributed by atoms with Crippen molar-refractivity contribution < 1.29 is 18.7 Å². The van der Waals surface area contributed by atoms with E-state index in [0.29, 0.717) is 18.5 Å². The summed E-state index contributed by atoms with van der Waals surface area (Å²) in [6.07, 6.45) is 3.55. The first kappa shape index (κ1) is 19.7. The number of nitrogens with zero attached hydrogens (tertiary/aromatic N) is 4. The molecule has 0 bridgehead atoms. The van der Waals surface area contributed by atoms with E-state index in [2.05, 4.69) is 14.9 Å². The molecule has 1 aromatic carbocycles. The Morgan fingerprint density at radius 3 is 2.69 bits per heavy atom. The number of fused-ring (bicyclic) bond motifs is 1. The molecule has 0 N–H and O–H groups in total. The smallest absolute Gasteiger partial charge is 0.316 e. The summed E-state index contributed by atoms with van der Waals surface area (Å²) in [7, 11) is 3.06. The highest BCUT2D eigenvalue weighted by molar-refractivity contribution is 5.78. The average Bonchev–Trinajstić information content (AvgIpc) is 3.26. The molecule has 2 fully saturated rings. The van der Waals surface area contributed by atoms with Gasteiger partial charge in [0.15, 0.2) is 0 Å². The number of carbonyl (C=O) groups is 1. The van der Waals surface area contributed by atoms with E-state index in [9.17, 15) is 9.18 Å². The van der Waals surface area contributed by atoms with Crippen LogP contribution in [0, 0.1) is 17.7 Å². The van der Waals surface area contributed by atoms with Crippen molar-refractivity contribution in [3.63, 3.8) is 0 Å². The molecule has 0 saturated carbocycles. The van der Waals surface area contributed by atoms with Gasteiger partial charge in [0.2, 0.25) is 5.91 Å². The van der Waals surface area contributed by atoms with Gasteiger partial charge in [0.05, 0.1) is 13.2 Å². The average molecular weight is 400 g/mol. The minimum atomic E-state index is -0.282. The molecule has 4 rings (SSSR count). The SMILES string of the molecule is COCC(=O)N1C[C@H]2CN(Cc3cnc(OC)nc3)C[C@H]2[C@@H]1c1cccc(F)c1. The van der Waals surface area contributed by atoms with Gasteiger partial charge >= 0.3 is 6.01 Å². The fourth-order valence-corrected chi connectivity index (χ4v) is 4.64. The quantitative estimate of drug-likeness (QED) is 0.738. The van der Waals surface area contributed by atoms with Crippen LogP contribution in [0.3, 0.4) is 0 Å². The van der Waals surface area contributed by atoms with E-state index in [1.165, 1.54) is 13.2 Å². The number of carbonyl (C=O) groups excluding carboxylic acids is 1. The number of methoxy groups -OCH3 is 2. The highest BCUT2D eigenvalue weighted by atomic mass is 19.1. The zero-order valence-electron chi connectivity index (χ0n) is 16.6. The summed E-state index contributed by atoms with van der Waals surface area (Å²) in [5.74, 6) is 0.251. The Kier molecular flexibility index (Phi) is 5.73. The topological polar surface area (TPSA) is 67.8 Å². The van der Waals surface area contributed by atoms with Crippen LogP contribution >= 0.6 is 0 Å². The summed E-state index contributed by atoms with van der Waals surface area (Å²) in [5.41, 5.74) is 1.86. The van der Waals surface area contributed by atoms with Crippen molar-refractivity contribution in [3.8, 4) is 6.01 Å². The minimum Gasteiger partial charge on any atom is -0.467 e. The van der Waals surface area contributed by atoms with E-state index in [4.69, 9.17) is 9.47 Å². The summed E-state index contributed by atoms with van der Waals surface area (Å²) in [6.45, 7) is 3.13. The highest BCUT2D eigenvalue weighted by Crippen LogP contribution is 2.45. The second kappa shape index (κ2) is 8.42. The molecule has 2 aliphatic rings. The predicted octanol–water partition coefficient (Wildman–Crippen LogP) is 1.90. The molecule has 2 aromatic rings. The number of rotatable bonds is 6. The summed E-state index contributed by atoms with van der Waals surface area (Å²) < 4.78 is 24.0. The van der Waals surface area contributed by atoms with Gasteiger partial charge in [-0.05, 0) is 23.6 Å². The van der Waals surface area contributed by atoms with Crippen LogP contribution in [0.5, 0.6) is 6.01 Å². The Morgan fingerprint density at radius 1 is 1.21 bits per heavy atom. The number of ether oxygens (including phenoxy) is 2. The second-order valence-corrected chi connectivity index (χ2v) is 7.67. The first-order chi connectivity index (χ1) is 14.1. The normalized spacial score (nSPS) is 24.0. The molecular formula is C21H25FN4O3. The highest BCUT2D eigenvalue weighted by Gasteiger charge is 2.48. The molecule has 0 unspecified atom stereocenters. The van der Waals surface area contributed by atoms with Gasteiger partial charge in [0.1, 0.15) is 12.4 Å². The molecule has 0 radical (unpaired) electrons. The lowest BCUT2D eigenvalue weighted by Gasteiger charge is -2.30. The molecule has 1 amide bonds. The van der Waals surface area contributed by atoms with Gasteiger partial charge in [-0.3, -0.25) is 9.69 Å². The number of benzene rings is 1. The summed E-state index contributed by atoms with van der Waals surface area (Å²) in [5, 5.41) is 0. The Labute approximate surface area is 169 Å². The van der Waals surface area contributed by atoms with Crippen LogP contribution in [0.15, 0.2) is 36.7 Å². The van der Waals surface area contributed by atoms with Crippen molar-refractivity contribution in [1.29, 1.82) is 0 Å². The number of aromatic nitrogens is 2. The molecule has 1 aromatic heterocycles. The third-order valence-corrected chi connectivity index (χ3v) is 5.79. The van der Waals surface area contributed by atoms with E-state index in [-0.39, 0.29) is 30.3 Å². The van der Waals surface area contributed by atoms with E-state index in [1.807, 2.05) is 11.0 Å². The van der Waals surface area contributed by atoms with Crippen LogP contribution in [-0.2, 0) is 16.1 Å². The van der Waals surface area contributed by atoms with Gasteiger partial charge in [-0.25, -0.2) is 14.4 Å². The van der Waals surface area contributed by atoms with Crippen LogP contribution in [0.25, 0.3) is 0 Å². The molecule has 154 valence electrons. The van der Waals surface area contributed by atoms with Crippen molar-refractivity contribution >= 4 is 5.91 Å². The summed E-state index contributed by atoms with van der Waals surface area (Å²) in [6, 6.07) is 6.80. The van der Waals surface area contributed by atoms with E-state index >= 15 is 0 Å². The van der Waals surface area contributed by atoms with E-state index in [0.717, 1.165) is 30.8 Å². The molecule has 7 nitrogen and oxygen atoms in total. The summed E-state index contributed by atoms with van der Waals surface area (Å²) in [4.78, 5) is 25.2. The maximum absolute atomic E-state index is 13.9. The minimum absolute atomic E-state index is 0.0398. The van der Waals surface area contributed by atoms with Crippen molar-refractivity contribution in [2.24, 2.45) is 11.8 Å². The molecule has 2 aliphatic heterocycles. The fourth-order valence-electron chi connectivity index (χ4n) is 4.64. The third-order valence-electron chi connectivity index (χ3n) is 5.79. The Balaban J connectivity index is 1.52. The molecule has 3 heterocycles. The van der Waals surface area contributed by atoms with E-state index in [1.54, 1.807) is 31.6 Å². The Hall–Kier alpha value is -2.58. The molecule has 2 saturated heterocycles. The Morgan fingerprint density at radius 2 is 2.00 bits per heavy atom. The van der Waals surface area contributed by atoms with Crippen molar-refractivity contribution in [2.45, 2.75) is 12.6 Å². The first-order valence-corrected chi connectivity index (χ1v) is 9.70. The lowest BCUT2D eigenvalue weighted by molar-refractivity contribution is -0.136. The molecule has 29 heavy (non-hydrogen) atoms. The van der Waals surface area contributed by atoms with Gasteiger partial charge in [-0.15, -0.1) is 0 Å². The largest absolute Gasteiger partial charge is 0.467 e. The van der Waals surface area contributed by atoms with Gasteiger partial charge in [0, 0.05) is 57.2 Å². The first-order valence-electron chi connectivity index (χ1n) is 9.70. The maximum Gasteiger partial charge on any atom is 0.316 e. The van der Waals surface area contributed by atoms with Crippen molar-refractivity contribution in [2.75, 3.05) is 40.5 Å². The zero-order chi connectivity index (χ0) is 20.4. The Bertz CT molecular complexity index is 863. The van der Waals surface area contributed by atoms with Crippen LogP contribution in [0.2, 0.25) is 0 Å². The second-order valence-electron chi connectivity index (χ2n) is 7.67. The lowest BCUT2D eigenvalue weighted by Crippen LogP contribution is -2.37. The van der Waals surface area contributed by atoms with Gasteiger partial charge < -0.3 is 14.4 Å². The van der Waals surface area contributed by atoms with Crippen LogP contribution < -0.4 is 4.74 Å². The number of amides is 1. The number of hydrogen-bond donors (Lipinski definition) is 0. The monoisotopic (exact) mass is 400 g/mol. The van der Waals surface area contributed by atoms with E-state index < -0.39 is 0 Å². The van der Waals surface area contributed by atoms with Gasteiger partial charge in [-0.1, -0.05) is 12.1 Å². The predicted molar refractivity (Wildman–Crippen MR) is 104 cm³/mol. The molecule has 0 aliphatic carbocycles. The lowest BCUT2D eigenvalue weighted by atomic mass is 9.89. The molecular weight excluding hydrogens is 375 g/mol. The van der Waals surface area contributed by atoms with Crippen molar-refractivity contribution in [1.82, 2.24) is 19.8 Å². The van der Waals surface area contributed by atoms with Gasteiger partial charge in [-0.2, -0.15) is 0 Å². The molecule has 0 spiro atoms. The molecule has 8 heteroatoms.